The van der Waals surface area contributed by atoms with Crippen LogP contribution in [-0.2, 0) is 6.42 Å². The minimum Gasteiger partial charge on any atom is -0.355 e. The van der Waals surface area contributed by atoms with Crippen LogP contribution in [0.25, 0.3) is 11.3 Å². The van der Waals surface area contributed by atoms with Crippen LogP contribution in [0.1, 0.15) is 12.5 Å². The standard InChI is InChI=1S/C22H24N6/c1-2-16-8-25-22(26-9-16)28-14-18-12-27(13-19(18)15-28)21-11-23-20(10-24-21)17-6-4-3-5-7-17/h3-11,18-19H,2,12-15H2,1H3. The first kappa shape index (κ1) is 17.1. The number of anilines is 2. The molecule has 142 valence electrons. The Morgan fingerprint density at radius 2 is 1.46 bits per heavy atom. The predicted molar refractivity (Wildman–Crippen MR) is 110 cm³/mol. The molecule has 1 aromatic carbocycles. The molecule has 4 heterocycles. The Kier molecular flexibility index (Phi) is 4.39. The summed E-state index contributed by atoms with van der Waals surface area (Å²) in [5.74, 6) is 3.10. The number of rotatable bonds is 4. The molecule has 0 spiro atoms. The van der Waals surface area contributed by atoms with Crippen molar-refractivity contribution in [3.8, 4) is 11.3 Å². The van der Waals surface area contributed by atoms with Crippen molar-refractivity contribution in [3.05, 3.63) is 60.7 Å². The summed E-state index contributed by atoms with van der Waals surface area (Å²) in [6, 6.07) is 10.2. The molecule has 3 aromatic rings. The molecule has 6 heteroatoms. The second-order valence-corrected chi connectivity index (χ2v) is 7.70. The quantitative estimate of drug-likeness (QED) is 0.702. The Morgan fingerprint density at radius 3 is 2.07 bits per heavy atom. The first-order chi connectivity index (χ1) is 13.8. The van der Waals surface area contributed by atoms with E-state index in [4.69, 9.17) is 0 Å². The zero-order valence-electron chi connectivity index (χ0n) is 16.1. The maximum Gasteiger partial charge on any atom is 0.225 e. The van der Waals surface area contributed by atoms with Crippen molar-refractivity contribution < 1.29 is 0 Å². The molecule has 0 N–H and O–H groups in total. The van der Waals surface area contributed by atoms with Gasteiger partial charge in [0.1, 0.15) is 5.82 Å². The Bertz CT molecular complexity index is 912. The van der Waals surface area contributed by atoms with Crippen molar-refractivity contribution in [2.45, 2.75) is 13.3 Å². The third-order valence-corrected chi connectivity index (χ3v) is 5.90. The van der Waals surface area contributed by atoms with E-state index in [-0.39, 0.29) is 0 Å². The Morgan fingerprint density at radius 1 is 0.786 bits per heavy atom. The van der Waals surface area contributed by atoms with Gasteiger partial charge in [-0.25, -0.2) is 15.0 Å². The topological polar surface area (TPSA) is 58.0 Å². The average molecular weight is 372 g/mol. The highest BCUT2D eigenvalue weighted by atomic mass is 15.3. The normalized spacial score (nSPS) is 21.2. The lowest BCUT2D eigenvalue weighted by atomic mass is 10.0. The van der Waals surface area contributed by atoms with E-state index < -0.39 is 0 Å². The summed E-state index contributed by atoms with van der Waals surface area (Å²) in [5.41, 5.74) is 3.21. The van der Waals surface area contributed by atoms with Crippen molar-refractivity contribution >= 4 is 11.8 Å². The van der Waals surface area contributed by atoms with Gasteiger partial charge in [0.05, 0.1) is 18.1 Å². The summed E-state index contributed by atoms with van der Waals surface area (Å²) in [5, 5.41) is 0. The van der Waals surface area contributed by atoms with Gasteiger partial charge in [-0.3, -0.25) is 4.98 Å². The fraction of sp³-hybridized carbons (Fsp3) is 0.364. The third kappa shape index (κ3) is 3.19. The first-order valence-electron chi connectivity index (χ1n) is 9.98. The first-order valence-corrected chi connectivity index (χ1v) is 9.98. The number of hydrogen-bond donors (Lipinski definition) is 0. The van der Waals surface area contributed by atoms with Gasteiger partial charge in [-0.1, -0.05) is 37.3 Å². The van der Waals surface area contributed by atoms with Gasteiger partial charge in [0, 0.05) is 56.0 Å². The highest BCUT2D eigenvalue weighted by Crippen LogP contribution is 2.34. The van der Waals surface area contributed by atoms with Crippen molar-refractivity contribution in [1.29, 1.82) is 0 Å². The van der Waals surface area contributed by atoms with E-state index in [1.54, 1.807) is 0 Å². The van der Waals surface area contributed by atoms with Gasteiger partial charge in [0.2, 0.25) is 5.95 Å². The molecule has 0 saturated carbocycles. The number of nitrogens with zero attached hydrogens (tertiary/aromatic N) is 6. The van der Waals surface area contributed by atoms with Crippen LogP contribution in [0.4, 0.5) is 11.8 Å². The van der Waals surface area contributed by atoms with Gasteiger partial charge in [-0.15, -0.1) is 0 Å². The third-order valence-electron chi connectivity index (χ3n) is 5.90. The summed E-state index contributed by atoms with van der Waals surface area (Å²) in [6.45, 7) is 6.20. The van der Waals surface area contributed by atoms with E-state index in [1.807, 2.05) is 43.0 Å². The van der Waals surface area contributed by atoms with Crippen molar-refractivity contribution in [2.75, 3.05) is 36.0 Å². The zero-order valence-corrected chi connectivity index (χ0v) is 16.1. The second kappa shape index (κ2) is 7.19. The van der Waals surface area contributed by atoms with Crippen LogP contribution < -0.4 is 9.80 Å². The van der Waals surface area contributed by atoms with Crippen molar-refractivity contribution in [2.24, 2.45) is 11.8 Å². The Hall–Kier alpha value is -3.02. The molecule has 0 aliphatic carbocycles. The number of benzene rings is 1. The van der Waals surface area contributed by atoms with Crippen LogP contribution in [0.2, 0.25) is 0 Å². The summed E-state index contributed by atoms with van der Waals surface area (Å²) in [7, 11) is 0. The monoisotopic (exact) mass is 372 g/mol. The summed E-state index contributed by atoms with van der Waals surface area (Å²) >= 11 is 0. The van der Waals surface area contributed by atoms with E-state index >= 15 is 0 Å². The van der Waals surface area contributed by atoms with Gasteiger partial charge in [-0.2, -0.15) is 0 Å². The van der Waals surface area contributed by atoms with E-state index in [0.29, 0.717) is 11.8 Å². The molecule has 5 rings (SSSR count). The number of fused-ring (bicyclic) bond motifs is 1. The van der Waals surface area contributed by atoms with E-state index in [0.717, 1.165) is 55.6 Å². The van der Waals surface area contributed by atoms with Crippen molar-refractivity contribution in [3.63, 3.8) is 0 Å². The molecule has 2 atom stereocenters. The molecule has 2 aliphatic heterocycles. The number of hydrogen-bond acceptors (Lipinski definition) is 6. The maximum absolute atomic E-state index is 4.69. The van der Waals surface area contributed by atoms with Gasteiger partial charge in [0.15, 0.2) is 0 Å². The summed E-state index contributed by atoms with van der Waals surface area (Å²) < 4.78 is 0. The lowest BCUT2D eigenvalue weighted by molar-refractivity contribution is 0.533. The summed E-state index contributed by atoms with van der Waals surface area (Å²) in [4.78, 5) is 23.1. The second-order valence-electron chi connectivity index (χ2n) is 7.70. The fourth-order valence-corrected chi connectivity index (χ4v) is 4.28. The molecule has 2 aromatic heterocycles. The van der Waals surface area contributed by atoms with Gasteiger partial charge in [-0.05, 0) is 12.0 Å². The predicted octanol–water partition coefficient (Wildman–Crippen LogP) is 3.07. The SMILES string of the molecule is CCc1cnc(N2CC3CN(c4cnc(-c5ccccc5)cn4)CC3C2)nc1. The Balaban J connectivity index is 1.24. The minimum absolute atomic E-state index is 0.630. The van der Waals surface area contributed by atoms with Gasteiger partial charge in [0.25, 0.3) is 0 Å². The van der Waals surface area contributed by atoms with Gasteiger partial charge < -0.3 is 9.80 Å². The molecular formula is C22H24N6. The summed E-state index contributed by atoms with van der Waals surface area (Å²) in [6.07, 6.45) is 8.67. The zero-order chi connectivity index (χ0) is 18.9. The highest BCUT2D eigenvalue weighted by molar-refractivity contribution is 5.58. The van der Waals surface area contributed by atoms with E-state index in [2.05, 4.69) is 48.8 Å². The van der Waals surface area contributed by atoms with Crippen molar-refractivity contribution in [1.82, 2.24) is 19.9 Å². The Labute approximate surface area is 165 Å². The lowest BCUT2D eigenvalue weighted by Gasteiger charge is -2.22. The lowest BCUT2D eigenvalue weighted by Crippen LogP contribution is -2.30. The minimum atomic E-state index is 0.630. The van der Waals surface area contributed by atoms with Crippen LogP contribution in [0, 0.1) is 11.8 Å². The molecule has 0 bridgehead atoms. The molecule has 2 saturated heterocycles. The van der Waals surface area contributed by atoms with Crippen LogP contribution in [-0.4, -0.2) is 46.1 Å². The molecule has 0 radical (unpaired) electrons. The van der Waals surface area contributed by atoms with Crippen LogP contribution in [0.15, 0.2) is 55.1 Å². The molecule has 2 aliphatic rings. The maximum atomic E-state index is 4.69. The molecule has 2 unspecified atom stereocenters. The smallest absolute Gasteiger partial charge is 0.225 e. The van der Waals surface area contributed by atoms with Gasteiger partial charge >= 0.3 is 0 Å². The largest absolute Gasteiger partial charge is 0.355 e. The van der Waals surface area contributed by atoms with Crippen LogP contribution in [0.3, 0.4) is 0 Å². The van der Waals surface area contributed by atoms with Crippen LogP contribution >= 0.6 is 0 Å². The fourth-order valence-electron chi connectivity index (χ4n) is 4.28. The van der Waals surface area contributed by atoms with E-state index in [9.17, 15) is 0 Å². The molecular weight excluding hydrogens is 348 g/mol. The average Bonchev–Trinajstić information content (AvgIpc) is 3.34. The number of aryl methyl sites for hydroxylation is 1. The van der Waals surface area contributed by atoms with E-state index in [1.165, 1.54) is 5.56 Å². The number of aromatic nitrogens is 4. The van der Waals surface area contributed by atoms with Crippen LogP contribution in [0.5, 0.6) is 0 Å². The molecule has 28 heavy (non-hydrogen) atoms. The molecule has 6 nitrogen and oxygen atoms in total. The molecule has 0 amide bonds. The highest BCUT2D eigenvalue weighted by Gasteiger charge is 2.41. The molecule has 2 fully saturated rings.